The summed E-state index contributed by atoms with van der Waals surface area (Å²) in [5.74, 6) is -1.27. The second-order valence-electron chi connectivity index (χ2n) is 11.1. The highest BCUT2D eigenvalue weighted by atomic mass is 16.4. The smallest absolute Gasteiger partial charge is 0.323 e. The Hall–Kier alpha value is -3.88. The van der Waals surface area contributed by atoms with Crippen molar-refractivity contribution in [3.8, 4) is 0 Å². The molecule has 2 aromatic carbocycles. The second-order valence-corrected chi connectivity index (χ2v) is 11.1. The SMILES string of the molecule is Cc1cccc(NC(=O)N2CCCN(C(=O)CCC3CCCC3)C2C(=O)NC(CC(=O)O)c2cccc(C)c2)c1. The molecule has 2 atom stereocenters. The van der Waals surface area contributed by atoms with Gasteiger partial charge in [0.25, 0.3) is 5.91 Å². The average Bonchev–Trinajstić information content (AvgIpc) is 3.44. The standard InChI is InChI=1S/C31H40N4O5/c1-21-8-5-12-24(18-21)26(20-28(37)38)33-29(39)30-34(27(36)15-14-23-10-3-4-11-23)16-7-17-35(30)31(40)32-25-13-6-9-22(2)19-25/h5-6,8-9,12-13,18-19,23,26,30H,3-4,7,10-11,14-17,20H2,1-2H3,(H,32,40)(H,33,39)(H,37,38). The van der Waals surface area contributed by atoms with Crippen molar-refractivity contribution in [2.45, 2.75) is 77.4 Å². The Bertz CT molecular complexity index is 1230. The van der Waals surface area contributed by atoms with Crippen molar-refractivity contribution < 1.29 is 24.3 Å². The summed E-state index contributed by atoms with van der Waals surface area (Å²) in [5, 5.41) is 15.3. The van der Waals surface area contributed by atoms with Crippen molar-refractivity contribution in [3.63, 3.8) is 0 Å². The minimum absolute atomic E-state index is 0.162. The number of benzene rings is 2. The van der Waals surface area contributed by atoms with Crippen LogP contribution < -0.4 is 10.6 Å². The van der Waals surface area contributed by atoms with Gasteiger partial charge in [-0.1, -0.05) is 67.6 Å². The van der Waals surface area contributed by atoms with E-state index >= 15 is 0 Å². The first-order valence-corrected chi connectivity index (χ1v) is 14.2. The maximum absolute atomic E-state index is 13.9. The van der Waals surface area contributed by atoms with Gasteiger partial charge in [-0.05, 0) is 55.9 Å². The van der Waals surface area contributed by atoms with Crippen LogP contribution in [-0.4, -0.2) is 58.0 Å². The topological polar surface area (TPSA) is 119 Å². The van der Waals surface area contributed by atoms with E-state index in [1.165, 1.54) is 22.6 Å². The first-order chi connectivity index (χ1) is 19.2. The lowest BCUT2D eigenvalue weighted by atomic mass is 10.0. The molecule has 2 fully saturated rings. The van der Waals surface area contributed by atoms with Crippen molar-refractivity contribution in [1.82, 2.24) is 15.1 Å². The van der Waals surface area contributed by atoms with Gasteiger partial charge in [0.05, 0.1) is 12.5 Å². The van der Waals surface area contributed by atoms with Crippen LogP contribution in [0.1, 0.15) is 74.1 Å². The Morgan fingerprint density at radius 3 is 2.27 bits per heavy atom. The van der Waals surface area contributed by atoms with E-state index in [0.717, 1.165) is 30.4 Å². The highest BCUT2D eigenvalue weighted by Gasteiger charge is 2.41. The maximum Gasteiger partial charge on any atom is 0.323 e. The molecule has 3 N–H and O–H groups in total. The number of nitrogens with zero attached hydrogens (tertiary/aromatic N) is 2. The fourth-order valence-corrected chi connectivity index (χ4v) is 5.83. The number of aryl methyl sites for hydroxylation is 2. The van der Waals surface area contributed by atoms with Gasteiger partial charge in [-0.3, -0.25) is 19.3 Å². The zero-order valence-corrected chi connectivity index (χ0v) is 23.4. The summed E-state index contributed by atoms with van der Waals surface area (Å²) >= 11 is 0. The number of carboxylic acids is 1. The van der Waals surface area contributed by atoms with Crippen LogP contribution in [-0.2, 0) is 14.4 Å². The summed E-state index contributed by atoms with van der Waals surface area (Å²) in [6.45, 7) is 4.46. The summed E-state index contributed by atoms with van der Waals surface area (Å²) in [6, 6.07) is 13.4. The fourth-order valence-electron chi connectivity index (χ4n) is 5.83. The lowest BCUT2D eigenvalue weighted by Crippen LogP contribution is -2.64. The van der Waals surface area contributed by atoms with Crippen LogP contribution in [0.15, 0.2) is 48.5 Å². The predicted molar refractivity (Wildman–Crippen MR) is 153 cm³/mol. The van der Waals surface area contributed by atoms with E-state index in [-0.39, 0.29) is 18.9 Å². The van der Waals surface area contributed by atoms with Gasteiger partial charge in [0.1, 0.15) is 0 Å². The quantitative estimate of drug-likeness (QED) is 0.408. The highest BCUT2D eigenvalue weighted by Crippen LogP contribution is 2.29. The van der Waals surface area contributed by atoms with E-state index in [1.807, 2.05) is 50.2 Å². The number of aliphatic carboxylic acids is 1. The van der Waals surface area contributed by atoms with Crippen molar-refractivity contribution in [2.24, 2.45) is 5.92 Å². The van der Waals surface area contributed by atoms with Gasteiger partial charge in [-0.25, -0.2) is 4.79 Å². The molecule has 9 heteroatoms. The van der Waals surface area contributed by atoms with Gasteiger partial charge in [0.15, 0.2) is 6.17 Å². The Kier molecular flexibility index (Phi) is 9.79. The van der Waals surface area contributed by atoms with E-state index in [9.17, 15) is 24.3 Å². The summed E-state index contributed by atoms with van der Waals surface area (Å²) in [7, 11) is 0. The van der Waals surface area contributed by atoms with Crippen LogP contribution in [0.3, 0.4) is 0 Å². The number of carbonyl (C=O) groups is 4. The molecule has 1 saturated heterocycles. The first-order valence-electron chi connectivity index (χ1n) is 14.2. The number of hydrogen-bond donors (Lipinski definition) is 3. The van der Waals surface area contributed by atoms with Crippen molar-refractivity contribution in [1.29, 1.82) is 0 Å². The van der Waals surface area contributed by atoms with Gasteiger partial charge in [0, 0.05) is 25.2 Å². The monoisotopic (exact) mass is 548 g/mol. The molecule has 1 saturated carbocycles. The van der Waals surface area contributed by atoms with Gasteiger partial charge in [-0.15, -0.1) is 0 Å². The molecule has 1 heterocycles. The van der Waals surface area contributed by atoms with Gasteiger partial charge in [0.2, 0.25) is 5.91 Å². The van der Waals surface area contributed by atoms with Gasteiger partial charge >= 0.3 is 12.0 Å². The zero-order valence-electron chi connectivity index (χ0n) is 23.4. The molecular formula is C31H40N4O5. The van der Waals surface area contributed by atoms with Crippen molar-refractivity contribution in [3.05, 3.63) is 65.2 Å². The number of amides is 4. The molecule has 1 aliphatic heterocycles. The molecule has 40 heavy (non-hydrogen) atoms. The Balaban J connectivity index is 1.59. The molecule has 2 unspecified atom stereocenters. The minimum Gasteiger partial charge on any atom is -0.481 e. The third-order valence-corrected chi connectivity index (χ3v) is 7.85. The van der Waals surface area contributed by atoms with Crippen LogP contribution in [0, 0.1) is 19.8 Å². The lowest BCUT2D eigenvalue weighted by molar-refractivity contribution is -0.149. The minimum atomic E-state index is -1.18. The number of hydrogen-bond acceptors (Lipinski definition) is 4. The average molecular weight is 549 g/mol. The molecule has 0 bridgehead atoms. The van der Waals surface area contributed by atoms with Crippen LogP contribution >= 0.6 is 0 Å². The Labute approximate surface area is 235 Å². The Morgan fingerprint density at radius 1 is 0.925 bits per heavy atom. The maximum atomic E-state index is 13.9. The van der Waals surface area contributed by atoms with Crippen LogP contribution in [0.2, 0.25) is 0 Å². The molecule has 214 valence electrons. The molecule has 0 spiro atoms. The molecule has 4 rings (SSSR count). The normalized spacial score (nSPS) is 18.3. The molecule has 4 amide bonds. The molecule has 2 aromatic rings. The molecular weight excluding hydrogens is 508 g/mol. The predicted octanol–water partition coefficient (Wildman–Crippen LogP) is 5.00. The van der Waals surface area contributed by atoms with Gasteiger partial charge in [-0.2, -0.15) is 0 Å². The summed E-state index contributed by atoms with van der Waals surface area (Å²) < 4.78 is 0. The molecule has 1 aliphatic carbocycles. The van der Waals surface area contributed by atoms with E-state index in [1.54, 1.807) is 12.1 Å². The van der Waals surface area contributed by atoms with E-state index in [4.69, 9.17) is 0 Å². The zero-order chi connectivity index (χ0) is 28.6. The number of anilines is 1. The van der Waals surface area contributed by atoms with Crippen LogP contribution in [0.5, 0.6) is 0 Å². The van der Waals surface area contributed by atoms with E-state index < -0.39 is 30.1 Å². The number of urea groups is 1. The second kappa shape index (κ2) is 13.5. The van der Waals surface area contributed by atoms with E-state index in [0.29, 0.717) is 36.6 Å². The molecule has 0 aromatic heterocycles. The summed E-state index contributed by atoms with van der Waals surface area (Å²) in [6.07, 6.45) is 4.72. The Morgan fingerprint density at radius 2 is 1.60 bits per heavy atom. The largest absolute Gasteiger partial charge is 0.481 e. The summed E-state index contributed by atoms with van der Waals surface area (Å²) in [5.41, 5.74) is 3.16. The van der Waals surface area contributed by atoms with E-state index in [2.05, 4.69) is 10.6 Å². The van der Waals surface area contributed by atoms with Gasteiger partial charge < -0.3 is 20.6 Å². The number of rotatable bonds is 9. The number of nitrogens with one attached hydrogen (secondary N) is 2. The van der Waals surface area contributed by atoms with Crippen LogP contribution in [0.25, 0.3) is 0 Å². The number of carboxylic acid groups (broad SMARTS) is 1. The van der Waals surface area contributed by atoms with Crippen molar-refractivity contribution in [2.75, 3.05) is 18.4 Å². The third-order valence-electron chi connectivity index (χ3n) is 7.85. The van der Waals surface area contributed by atoms with Crippen molar-refractivity contribution >= 4 is 29.5 Å². The summed E-state index contributed by atoms with van der Waals surface area (Å²) in [4.78, 5) is 55.6. The third kappa shape index (κ3) is 7.61. The fraction of sp³-hybridized carbons (Fsp3) is 0.484. The van der Waals surface area contributed by atoms with Crippen LogP contribution in [0.4, 0.5) is 10.5 Å². The molecule has 2 aliphatic rings. The molecule has 9 nitrogen and oxygen atoms in total. The lowest BCUT2D eigenvalue weighted by Gasteiger charge is -2.43. The molecule has 0 radical (unpaired) electrons. The number of carbonyl (C=O) groups excluding carboxylic acids is 3. The highest BCUT2D eigenvalue weighted by molar-refractivity contribution is 5.96. The first kappa shape index (κ1) is 29.1.